The van der Waals surface area contributed by atoms with Crippen LogP contribution >= 0.6 is 11.6 Å². The fraction of sp³-hybridized carbons (Fsp3) is 0.294. The van der Waals surface area contributed by atoms with E-state index < -0.39 is 0 Å². The summed E-state index contributed by atoms with van der Waals surface area (Å²) in [6.45, 7) is 0. The molecule has 0 bridgehead atoms. The van der Waals surface area contributed by atoms with E-state index in [2.05, 4.69) is 24.3 Å². The molecule has 0 radical (unpaired) electrons. The largest absolute Gasteiger partial charge is 0.457 e. The van der Waals surface area contributed by atoms with Crippen LogP contribution in [0.5, 0.6) is 11.5 Å². The zero-order valence-electron chi connectivity index (χ0n) is 10.7. The Morgan fingerprint density at radius 3 is 2.47 bits per heavy atom. The van der Waals surface area contributed by atoms with Gasteiger partial charge in [0.1, 0.15) is 11.5 Å². The minimum absolute atomic E-state index is 0.120. The Labute approximate surface area is 118 Å². The first kappa shape index (κ1) is 11.4. The van der Waals surface area contributed by atoms with Crippen molar-refractivity contribution in [3.63, 3.8) is 0 Å². The zero-order valence-corrected chi connectivity index (χ0v) is 11.4. The van der Waals surface area contributed by atoms with Crippen LogP contribution in [0.25, 0.3) is 0 Å². The molecule has 0 unspecified atom stereocenters. The molecule has 1 aliphatic carbocycles. The van der Waals surface area contributed by atoms with Crippen molar-refractivity contribution in [2.24, 2.45) is 0 Å². The molecule has 2 aromatic rings. The maximum Gasteiger partial charge on any atom is 0.131 e. The molecule has 0 aromatic heterocycles. The molecular formula is C17H15ClO. The predicted octanol–water partition coefficient (Wildman–Crippen LogP) is 5.31. The Bertz CT molecular complexity index is 641. The highest BCUT2D eigenvalue weighted by Crippen LogP contribution is 2.56. The van der Waals surface area contributed by atoms with Gasteiger partial charge in [-0.15, -0.1) is 0 Å². The molecule has 1 fully saturated rings. The van der Waals surface area contributed by atoms with Crippen LogP contribution in [0.4, 0.5) is 0 Å². The summed E-state index contributed by atoms with van der Waals surface area (Å²) >= 11 is 6.21. The van der Waals surface area contributed by atoms with Crippen LogP contribution in [0.3, 0.4) is 0 Å². The van der Waals surface area contributed by atoms with Crippen molar-refractivity contribution in [3.05, 3.63) is 58.6 Å². The van der Waals surface area contributed by atoms with Crippen LogP contribution in [0.2, 0.25) is 5.02 Å². The van der Waals surface area contributed by atoms with E-state index in [1.807, 2.05) is 18.2 Å². The lowest BCUT2D eigenvalue weighted by atomic mass is 9.71. The first-order chi connectivity index (χ1) is 9.29. The van der Waals surface area contributed by atoms with Gasteiger partial charge in [-0.3, -0.25) is 0 Å². The summed E-state index contributed by atoms with van der Waals surface area (Å²) in [5.74, 6) is 1.99. The van der Waals surface area contributed by atoms with Gasteiger partial charge in [0.05, 0.1) is 0 Å². The van der Waals surface area contributed by atoms with Gasteiger partial charge in [0.15, 0.2) is 0 Å². The summed E-state index contributed by atoms with van der Waals surface area (Å²) in [7, 11) is 0. The van der Waals surface area contributed by atoms with E-state index in [1.165, 1.54) is 36.8 Å². The Balaban J connectivity index is 2.01. The van der Waals surface area contributed by atoms with Crippen LogP contribution in [0.1, 0.15) is 36.8 Å². The molecule has 0 atom stereocenters. The molecule has 1 nitrogen and oxygen atoms in total. The van der Waals surface area contributed by atoms with E-state index >= 15 is 0 Å². The number of ether oxygens (including phenoxy) is 1. The molecule has 1 aliphatic heterocycles. The third-order valence-corrected chi connectivity index (χ3v) is 4.77. The van der Waals surface area contributed by atoms with Gasteiger partial charge >= 0.3 is 0 Å². The number of fused-ring (bicyclic) bond motifs is 4. The summed E-state index contributed by atoms with van der Waals surface area (Å²) in [6, 6.07) is 14.5. The highest BCUT2D eigenvalue weighted by atomic mass is 35.5. The number of halogens is 1. The second kappa shape index (κ2) is 4.01. The molecule has 4 rings (SSSR count). The highest BCUT2D eigenvalue weighted by molar-refractivity contribution is 6.30. The lowest BCUT2D eigenvalue weighted by molar-refractivity contribution is 0.394. The van der Waals surface area contributed by atoms with Crippen LogP contribution in [-0.4, -0.2) is 0 Å². The molecule has 96 valence electrons. The minimum atomic E-state index is 0.120. The third kappa shape index (κ3) is 1.54. The zero-order chi connectivity index (χ0) is 12.9. The number of benzene rings is 2. The number of rotatable bonds is 0. The van der Waals surface area contributed by atoms with Gasteiger partial charge in [-0.25, -0.2) is 0 Å². The van der Waals surface area contributed by atoms with Crippen molar-refractivity contribution in [1.82, 2.24) is 0 Å². The molecule has 0 saturated heterocycles. The number of hydrogen-bond donors (Lipinski definition) is 0. The van der Waals surface area contributed by atoms with E-state index in [1.54, 1.807) is 0 Å². The molecule has 1 spiro atoms. The number of hydrogen-bond acceptors (Lipinski definition) is 1. The molecule has 0 N–H and O–H groups in total. The summed E-state index contributed by atoms with van der Waals surface area (Å²) in [6.07, 6.45) is 4.95. The average molecular weight is 271 g/mol. The summed E-state index contributed by atoms with van der Waals surface area (Å²) in [5, 5.41) is 0.799. The van der Waals surface area contributed by atoms with E-state index in [-0.39, 0.29) is 5.41 Å². The van der Waals surface area contributed by atoms with Crippen molar-refractivity contribution in [3.8, 4) is 11.5 Å². The normalized spacial score (nSPS) is 18.8. The molecule has 2 aromatic carbocycles. The molecular weight excluding hydrogens is 256 g/mol. The van der Waals surface area contributed by atoms with Gasteiger partial charge in [0.25, 0.3) is 0 Å². The van der Waals surface area contributed by atoms with Crippen molar-refractivity contribution in [1.29, 1.82) is 0 Å². The number of para-hydroxylation sites is 1. The quantitative estimate of drug-likeness (QED) is 0.631. The van der Waals surface area contributed by atoms with E-state index in [9.17, 15) is 0 Å². The van der Waals surface area contributed by atoms with Crippen LogP contribution in [0, 0.1) is 0 Å². The minimum Gasteiger partial charge on any atom is -0.457 e. The predicted molar refractivity (Wildman–Crippen MR) is 77.2 cm³/mol. The summed E-state index contributed by atoms with van der Waals surface area (Å²) < 4.78 is 6.06. The second-order valence-electron chi connectivity index (χ2n) is 5.53. The molecule has 19 heavy (non-hydrogen) atoms. The monoisotopic (exact) mass is 270 g/mol. The summed E-state index contributed by atoms with van der Waals surface area (Å²) in [5.41, 5.74) is 2.73. The van der Waals surface area contributed by atoms with E-state index in [0.29, 0.717) is 0 Å². The molecule has 1 heterocycles. The smallest absolute Gasteiger partial charge is 0.131 e. The Morgan fingerprint density at radius 2 is 1.63 bits per heavy atom. The van der Waals surface area contributed by atoms with Crippen molar-refractivity contribution >= 4 is 11.6 Å². The lowest BCUT2D eigenvalue weighted by Crippen LogP contribution is -2.28. The fourth-order valence-electron chi connectivity index (χ4n) is 3.70. The third-order valence-electron chi connectivity index (χ3n) is 4.54. The molecule has 2 aliphatic rings. The first-order valence-electron chi connectivity index (χ1n) is 6.87. The molecule has 1 saturated carbocycles. The van der Waals surface area contributed by atoms with Gasteiger partial charge in [0.2, 0.25) is 0 Å². The first-order valence-corrected chi connectivity index (χ1v) is 7.25. The second-order valence-corrected chi connectivity index (χ2v) is 5.96. The molecule has 0 amide bonds. The lowest BCUT2D eigenvalue weighted by Gasteiger charge is -2.37. The Hall–Kier alpha value is -1.47. The Kier molecular flexibility index (Phi) is 2.40. The maximum atomic E-state index is 6.21. The Morgan fingerprint density at radius 1 is 0.895 bits per heavy atom. The van der Waals surface area contributed by atoms with Crippen LogP contribution < -0.4 is 4.74 Å². The SMILES string of the molecule is Clc1ccc2c(c1)C1(CCCC1)c1ccccc1O2. The average Bonchev–Trinajstić information content (AvgIpc) is 2.91. The van der Waals surface area contributed by atoms with Gasteiger partial charge < -0.3 is 4.74 Å². The van der Waals surface area contributed by atoms with Gasteiger partial charge in [-0.05, 0) is 37.1 Å². The van der Waals surface area contributed by atoms with Gasteiger partial charge in [0, 0.05) is 21.6 Å². The van der Waals surface area contributed by atoms with E-state index in [0.717, 1.165) is 16.5 Å². The molecule has 2 heteroatoms. The standard InChI is InChI=1S/C17H15ClO/c18-12-7-8-16-14(11-12)17(9-3-4-10-17)13-5-1-2-6-15(13)19-16/h1-2,5-8,11H,3-4,9-10H2. The van der Waals surface area contributed by atoms with Crippen LogP contribution in [0.15, 0.2) is 42.5 Å². The van der Waals surface area contributed by atoms with Crippen molar-refractivity contribution < 1.29 is 4.74 Å². The highest BCUT2D eigenvalue weighted by Gasteiger charge is 2.43. The van der Waals surface area contributed by atoms with Gasteiger partial charge in [-0.2, -0.15) is 0 Å². The van der Waals surface area contributed by atoms with Crippen molar-refractivity contribution in [2.45, 2.75) is 31.1 Å². The van der Waals surface area contributed by atoms with Crippen LogP contribution in [-0.2, 0) is 5.41 Å². The summed E-state index contributed by atoms with van der Waals surface area (Å²) in [4.78, 5) is 0. The fourth-order valence-corrected chi connectivity index (χ4v) is 3.87. The maximum absolute atomic E-state index is 6.21. The van der Waals surface area contributed by atoms with E-state index in [4.69, 9.17) is 16.3 Å². The topological polar surface area (TPSA) is 9.23 Å². The van der Waals surface area contributed by atoms with Gasteiger partial charge in [-0.1, -0.05) is 42.6 Å². The van der Waals surface area contributed by atoms with Crippen molar-refractivity contribution in [2.75, 3.05) is 0 Å².